The molecule has 0 fully saturated rings. The lowest BCUT2D eigenvalue weighted by Gasteiger charge is -2.18. The molecule has 0 radical (unpaired) electrons. The van der Waals surface area contributed by atoms with E-state index in [-0.39, 0.29) is 18.5 Å². The van der Waals surface area contributed by atoms with Crippen molar-refractivity contribution in [2.45, 2.75) is 6.04 Å². The molecule has 18 heavy (non-hydrogen) atoms. The molecule has 94 valence electrons. The fraction of sp³-hybridized carbons (Fsp3) is 0.143. The van der Waals surface area contributed by atoms with Crippen molar-refractivity contribution >= 4 is 17.3 Å². The predicted molar refractivity (Wildman–Crippen MR) is 71.3 cm³/mol. The maximum Gasteiger partial charge on any atom is 0.123 e. The molecule has 0 saturated heterocycles. The Morgan fingerprint density at radius 3 is 2.61 bits per heavy atom. The highest BCUT2D eigenvalue weighted by molar-refractivity contribution is 6.33. The minimum absolute atomic E-state index is 0.144. The van der Waals surface area contributed by atoms with E-state index in [9.17, 15) is 9.50 Å². The van der Waals surface area contributed by atoms with Gasteiger partial charge in [-0.15, -0.1) is 0 Å². The molecule has 2 N–H and O–H groups in total. The number of hydrogen-bond acceptors (Lipinski definition) is 2. The summed E-state index contributed by atoms with van der Waals surface area (Å²) in [4.78, 5) is 0. The van der Waals surface area contributed by atoms with Gasteiger partial charge in [-0.25, -0.2) is 4.39 Å². The van der Waals surface area contributed by atoms with Crippen molar-refractivity contribution in [1.82, 2.24) is 0 Å². The van der Waals surface area contributed by atoms with Crippen molar-refractivity contribution in [1.29, 1.82) is 0 Å². The zero-order chi connectivity index (χ0) is 13.0. The third kappa shape index (κ3) is 3.00. The third-order valence-electron chi connectivity index (χ3n) is 2.64. The highest BCUT2D eigenvalue weighted by Crippen LogP contribution is 2.26. The molecule has 0 spiro atoms. The van der Waals surface area contributed by atoms with Crippen LogP contribution in [0, 0.1) is 5.82 Å². The highest BCUT2D eigenvalue weighted by atomic mass is 35.5. The topological polar surface area (TPSA) is 32.3 Å². The van der Waals surface area contributed by atoms with Crippen LogP contribution in [0.1, 0.15) is 11.6 Å². The molecule has 2 nitrogen and oxygen atoms in total. The molecule has 0 aliphatic heterocycles. The van der Waals surface area contributed by atoms with E-state index in [1.54, 1.807) is 18.2 Å². The Kier molecular flexibility index (Phi) is 4.18. The first-order valence-corrected chi connectivity index (χ1v) is 5.96. The number of halogens is 2. The Hall–Kier alpha value is -1.58. The first-order valence-electron chi connectivity index (χ1n) is 5.58. The molecule has 2 rings (SSSR count). The predicted octanol–water partition coefficient (Wildman–Crippen LogP) is 3.62. The first kappa shape index (κ1) is 12.9. The minimum atomic E-state index is -0.388. The zero-order valence-corrected chi connectivity index (χ0v) is 10.4. The van der Waals surface area contributed by atoms with Crippen molar-refractivity contribution in [3.8, 4) is 0 Å². The molecule has 1 unspecified atom stereocenters. The Balaban J connectivity index is 2.23. The van der Waals surface area contributed by atoms with Crippen LogP contribution in [0.2, 0.25) is 5.02 Å². The van der Waals surface area contributed by atoms with E-state index < -0.39 is 0 Å². The van der Waals surface area contributed by atoms with Gasteiger partial charge in [0.15, 0.2) is 0 Å². The summed E-state index contributed by atoms with van der Waals surface area (Å²) < 4.78 is 13.1. The van der Waals surface area contributed by atoms with E-state index in [1.807, 2.05) is 18.2 Å². The van der Waals surface area contributed by atoms with Crippen LogP contribution in [0.25, 0.3) is 0 Å². The summed E-state index contributed by atoms with van der Waals surface area (Å²) >= 11 is 6.03. The Morgan fingerprint density at radius 1 is 1.17 bits per heavy atom. The number of nitrogens with one attached hydrogen (secondary N) is 1. The van der Waals surface area contributed by atoms with Gasteiger partial charge in [-0.3, -0.25) is 0 Å². The lowest BCUT2D eigenvalue weighted by atomic mass is 10.1. The average Bonchev–Trinajstić information content (AvgIpc) is 2.38. The number of aliphatic hydroxyl groups is 1. The number of para-hydroxylation sites is 1. The summed E-state index contributed by atoms with van der Waals surface area (Å²) in [6, 6.07) is 13.0. The van der Waals surface area contributed by atoms with Gasteiger partial charge >= 0.3 is 0 Å². The number of rotatable bonds is 4. The largest absolute Gasteiger partial charge is 0.394 e. The van der Waals surface area contributed by atoms with Crippen LogP contribution in [-0.2, 0) is 0 Å². The Bertz CT molecular complexity index is 533. The standard InChI is InChI=1S/C14H13ClFNO/c15-12-6-1-2-7-13(12)17-14(9-18)10-4-3-5-11(16)8-10/h1-8,14,17-18H,9H2. The fourth-order valence-electron chi connectivity index (χ4n) is 1.72. The molecular weight excluding hydrogens is 253 g/mol. The van der Waals surface area contributed by atoms with Crippen LogP contribution in [0.15, 0.2) is 48.5 Å². The van der Waals surface area contributed by atoms with Crippen LogP contribution in [0.4, 0.5) is 10.1 Å². The third-order valence-corrected chi connectivity index (χ3v) is 2.97. The Labute approximate surface area is 110 Å². The molecule has 2 aromatic carbocycles. The van der Waals surface area contributed by atoms with Gasteiger partial charge in [0.25, 0.3) is 0 Å². The monoisotopic (exact) mass is 265 g/mol. The minimum Gasteiger partial charge on any atom is -0.394 e. The quantitative estimate of drug-likeness (QED) is 0.885. The lowest BCUT2D eigenvalue weighted by Crippen LogP contribution is -2.15. The van der Waals surface area contributed by atoms with Gasteiger partial charge < -0.3 is 10.4 Å². The second kappa shape index (κ2) is 5.85. The smallest absolute Gasteiger partial charge is 0.123 e. The zero-order valence-electron chi connectivity index (χ0n) is 9.61. The van der Waals surface area contributed by atoms with Gasteiger partial charge in [0.1, 0.15) is 5.82 Å². The van der Waals surface area contributed by atoms with E-state index in [1.165, 1.54) is 12.1 Å². The summed E-state index contributed by atoms with van der Waals surface area (Å²) in [5, 5.41) is 13.0. The SMILES string of the molecule is OCC(Nc1ccccc1Cl)c1cccc(F)c1. The van der Waals surface area contributed by atoms with Crippen molar-refractivity contribution in [3.63, 3.8) is 0 Å². The van der Waals surface area contributed by atoms with E-state index in [0.717, 1.165) is 0 Å². The number of aliphatic hydroxyl groups excluding tert-OH is 1. The lowest BCUT2D eigenvalue weighted by molar-refractivity contribution is 0.276. The van der Waals surface area contributed by atoms with Gasteiger partial charge in [0.2, 0.25) is 0 Å². The number of hydrogen-bond donors (Lipinski definition) is 2. The highest BCUT2D eigenvalue weighted by Gasteiger charge is 2.12. The molecule has 0 heterocycles. The first-order chi connectivity index (χ1) is 8.70. The van der Waals surface area contributed by atoms with Gasteiger partial charge in [0, 0.05) is 0 Å². The van der Waals surface area contributed by atoms with Crippen LogP contribution in [-0.4, -0.2) is 11.7 Å². The van der Waals surface area contributed by atoms with Crippen LogP contribution in [0.3, 0.4) is 0 Å². The number of benzene rings is 2. The van der Waals surface area contributed by atoms with Gasteiger partial charge in [-0.2, -0.15) is 0 Å². The van der Waals surface area contributed by atoms with Crippen LogP contribution >= 0.6 is 11.6 Å². The van der Waals surface area contributed by atoms with Crippen LogP contribution in [0.5, 0.6) is 0 Å². The molecule has 1 atom stereocenters. The molecular formula is C14H13ClFNO. The van der Waals surface area contributed by atoms with Crippen LogP contribution < -0.4 is 5.32 Å². The summed E-state index contributed by atoms with van der Waals surface area (Å²) in [6.07, 6.45) is 0. The fourth-order valence-corrected chi connectivity index (χ4v) is 1.91. The van der Waals surface area contributed by atoms with E-state index in [0.29, 0.717) is 16.3 Å². The maximum absolute atomic E-state index is 13.1. The normalized spacial score (nSPS) is 12.2. The van der Waals surface area contributed by atoms with Crippen molar-refractivity contribution < 1.29 is 9.50 Å². The molecule has 2 aromatic rings. The summed E-state index contributed by atoms with van der Waals surface area (Å²) in [6.45, 7) is -0.144. The molecule has 4 heteroatoms. The number of anilines is 1. The van der Waals surface area contributed by atoms with E-state index in [2.05, 4.69) is 5.32 Å². The molecule has 0 aliphatic carbocycles. The average molecular weight is 266 g/mol. The van der Waals surface area contributed by atoms with Gasteiger partial charge in [-0.05, 0) is 29.8 Å². The van der Waals surface area contributed by atoms with Crippen molar-refractivity contribution in [3.05, 3.63) is 64.9 Å². The van der Waals surface area contributed by atoms with E-state index >= 15 is 0 Å². The molecule has 0 saturated carbocycles. The molecule has 0 aliphatic rings. The maximum atomic E-state index is 13.1. The van der Waals surface area contributed by atoms with Gasteiger partial charge in [0.05, 0.1) is 23.4 Å². The molecule has 0 amide bonds. The van der Waals surface area contributed by atoms with E-state index in [4.69, 9.17) is 11.6 Å². The van der Waals surface area contributed by atoms with Crippen molar-refractivity contribution in [2.75, 3.05) is 11.9 Å². The summed E-state index contributed by atoms with van der Waals surface area (Å²) in [7, 11) is 0. The summed E-state index contributed by atoms with van der Waals surface area (Å²) in [5.74, 6) is -0.327. The summed E-state index contributed by atoms with van der Waals surface area (Å²) in [5.41, 5.74) is 1.39. The van der Waals surface area contributed by atoms with Crippen molar-refractivity contribution in [2.24, 2.45) is 0 Å². The molecule has 0 aromatic heterocycles. The molecule has 0 bridgehead atoms. The Morgan fingerprint density at radius 2 is 1.94 bits per heavy atom. The second-order valence-electron chi connectivity index (χ2n) is 3.91. The second-order valence-corrected chi connectivity index (χ2v) is 4.32. The van der Waals surface area contributed by atoms with Gasteiger partial charge in [-0.1, -0.05) is 35.9 Å².